The van der Waals surface area contributed by atoms with Crippen LogP contribution in [0.15, 0.2) is 11.8 Å². The number of carbonyl (C=O) groups excluding carboxylic acids is 1. The van der Waals surface area contributed by atoms with Crippen molar-refractivity contribution in [2.75, 3.05) is 13.7 Å². The Morgan fingerprint density at radius 3 is 2.50 bits per heavy atom. The van der Waals surface area contributed by atoms with Crippen LogP contribution in [0.2, 0.25) is 0 Å². The highest BCUT2D eigenvalue weighted by Crippen LogP contribution is 1.96. The normalized spacial score (nSPS) is 11.3. The first kappa shape index (κ1) is 9.17. The van der Waals surface area contributed by atoms with Gasteiger partial charge in [-0.25, -0.2) is 0 Å². The molecule has 0 aliphatic carbocycles. The van der Waals surface area contributed by atoms with Crippen molar-refractivity contribution in [2.45, 2.75) is 13.8 Å². The van der Waals surface area contributed by atoms with E-state index in [2.05, 4.69) is 0 Å². The van der Waals surface area contributed by atoms with Crippen LogP contribution in [0, 0.1) is 0 Å². The van der Waals surface area contributed by atoms with Gasteiger partial charge in [-0.2, -0.15) is 0 Å². The molecule has 0 N–H and O–H groups in total. The van der Waals surface area contributed by atoms with Gasteiger partial charge in [-0.05, 0) is 13.0 Å². The van der Waals surface area contributed by atoms with Crippen molar-refractivity contribution in [1.29, 1.82) is 0 Å². The molecule has 0 aliphatic rings. The summed E-state index contributed by atoms with van der Waals surface area (Å²) in [7, 11) is 1.55. The maximum atomic E-state index is 10.4. The second-order valence-electron chi connectivity index (χ2n) is 1.78. The predicted octanol–water partition coefficient (Wildman–Crippen LogP) is 1.10. The third kappa shape index (κ3) is 4.09. The standard InChI is InChI=1S/C7H12O3/c1-4-7(5-9-3)10-6(2)8/h4H,5H2,1-3H3. The number of ether oxygens (including phenoxy) is 2. The summed E-state index contributed by atoms with van der Waals surface area (Å²) in [6.07, 6.45) is 1.70. The van der Waals surface area contributed by atoms with Gasteiger partial charge in [0, 0.05) is 14.0 Å². The first-order valence-corrected chi connectivity index (χ1v) is 3.03. The molecular formula is C7H12O3. The Labute approximate surface area is 60.6 Å². The molecule has 3 nitrogen and oxygen atoms in total. The molecule has 0 aromatic heterocycles. The molecule has 58 valence electrons. The zero-order chi connectivity index (χ0) is 7.98. The van der Waals surface area contributed by atoms with E-state index in [9.17, 15) is 4.79 Å². The first-order valence-electron chi connectivity index (χ1n) is 3.03. The molecule has 0 aromatic carbocycles. The van der Waals surface area contributed by atoms with Crippen molar-refractivity contribution in [1.82, 2.24) is 0 Å². The summed E-state index contributed by atoms with van der Waals surface area (Å²) < 4.78 is 9.49. The zero-order valence-electron chi connectivity index (χ0n) is 6.51. The lowest BCUT2D eigenvalue weighted by Crippen LogP contribution is -2.03. The molecule has 0 aromatic rings. The van der Waals surface area contributed by atoms with E-state index in [1.807, 2.05) is 0 Å². The van der Waals surface area contributed by atoms with E-state index in [0.29, 0.717) is 12.4 Å². The topological polar surface area (TPSA) is 35.5 Å². The van der Waals surface area contributed by atoms with Crippen LogP contribution in [0.4, 0.5) is 0 Å². The number of rotatable bonds is 3. The molecule has 0 spiro atoms. The average molecular weight is 144 g/mol. The molecule has 10 heavy (non-hydrogen) atoms. The fourth-order valence-electron chi connectivity index (χ4n) is 0.499. The highest BCUT2D eigenvalue weighted by atomic mass is 16.6. The molecule has 0 aliphatic heterocycles. The average Bonchev–Trinajstić information content (AvgIpc) is 1.86. The van der Waals surface area contributed by atoms with Crippen molar-refractivity contribution in [2.24, 2.45) is 0 Å². The minimum atomic E-state index is -0.315. The third-order valence-corrected chi connectivity index (χ3v) is 0.883. The Balaban J connectivity index is 3.73. The lowest BCUT2D eigenvalue weighted by atomic mass is 10.5. The number of carbonyl (C=O) groups is 1. The molecule has 0 atom stereocenters. The zero-order valence-corrected chi connectivity index (χ0v) is 6.51. The van der Waals surface area contributed by atoms with Crippen molar-refractivity contribution < 1.29 is 14.3 Å². The quantitative estimate of drug-likeness (QED) is 0.439. The van der Waals surface area contributed by atoms with Crippen LogP contribution in [0.25, 0.3) is 0 Å². The third-order valence-electron chi connectivity index (χ3n) is 0.883. The van der Waals surface area contributed by atoms with Gasteiger partial charge in [-0.1, -0.05) is 0 Å². The van der Waals surface area contributed by atoms with Crippen LogP contribution in [0.1, 0.15) is 13.8 Å². The van der Waals surface area contributed by atoms with Gasteiger partial charge in [0.1, 0.15) is 12.4 Å². The fraction of sp³-hybridized carbons (Fsp3) is 0.571. The van der Waals surface area contributed by atoms with Gasteiger partial charge in [-0.3, -0.25) is 4.79 Å². The fourth-order valence-corrected chi connectivity index (χ4v) is 0.499. The highest BCUT2D eigenvalue weighted by Gasteiger charge is 1.98. The van der Waals surface area contributed by atoms with E-state index in [0.717, 1.165) is 0 Å². The molecule has 0 bridgehead atoms. The number of esters is 1. The van der Waals surface area contributed by atoms with Gasteiger partial charge < -0.3 is 9.47 Å². The molecule has 0 heterocycles. The molecule has 0 saturated heterocycles. The second kappa shape index (κ2) is 4.99. The summed E-state index contributed by atoms with van der Waals surface area (Å²) in [5.41, 5.74) is 0. The summed E-state index contributed by atoms with van der Waals surface area (Å²) >= 11 is 0. The number of allylic oxidation sites excluding steroid dienone is 1. The maximum absolute atomic E-state index is 10.4. The van der Waals surface area contributed by atoms with Crippen LogP contribution in [0.5, 0.6) is 0 Å². The van der Waals surface area contributed by atoms with Gasteiger partial charge in [0.15, 0.2) is 0 Å². The van der Waals surface area contributed by atoms with Crippen LogP contribution in [0.3, 0.4) is 0 Å². The molecule has 0 unspecified atom stereocenters. The molecule has 0 rings (SSSR count). The van der Waals surface area contributed by atoms with Gasteiger partial charge in [0.2, 0.25) is 0 Å². The van der Waals surface area contributed by atoms with Crippen molar-refractivity contribution in [3.8, 4) is 0 Å². The maximum Gasteiger partial charge on any atom is 0.307 e. The smallest absolute Gasteiger partial charge is 0.307 e. The van der Waals surface area contributed by atoms with Gasteiger partial charge in [0.05, 0.1) is 0 Å². The Morgan fingerprint density at radius 1 is 1.60 bits per heavy atom. The minimum absolute atomic E-state index is 0.315. The molecule has 3 heteroatoms. The summed E-state index contributed by atoms with van der Waals surface area (Å²) in [5, 5.41) is 0. The van der Waals surface area contributed by atoms with Gasteiger partial charge in [0.25, 0.3) is 0 Å². The lowest BCUT2D eigenvalue weighted by Gasteiger charge is -2.03. The summed E-state index contributed by atoms with van der Waals surface area (Å²) in [6.45, 7) is 3.49. The van der Waals surface area contributed by atoms with Crippen molar-refractivity contribution in [3.63, 3.8) is 0 Å². The predicted molar refractivity (Wildman–Crippen MR) is 37.4 cm³/mol. The van der Waals surface area contributed by atoms with E-state index >= 15 is 0 Å². The summed E-state index contributed by atoms with van der Waals surface area (Å²) in [4.78, 5) is 10.4. The van der Waals surface area contributed by atoms with Gasteiger partial charge in [-0.15, -0.1) is 0 Å². The first-order chi connectivity index (χ1) is 4.70. The Hall–Kier alpha value is -0.830. The second-order valence-corrected chi connectivity index (χ2v) is 1.78. The van der Waals surface area contributed by atoms with Crippen LogP contribution in [-0.2, 0) is 14.3 Å². The van der Waals surface area contributed by atoms with E-state index in [4.69, 9.17) is 9.47 Å². The van der Waals surface area contributed by atoms with Gasteiger partial charge >= 0.3 is 5.97 Å². The number of hydrogen-bond donors (Lipinski definition) is 0. The summed E-state index contributed by atoms with van der Waals surface area (Å²) in [5.74, 6) is 0.236. The molecular weight excluding hydrogens is 132 g/mol. The molecule has 0 radical (unpaired) electrons. The summed E-state index contributed by atoms with van der Waals surface area (Å²) in [6, 6.07) is 0. The molecule has 0 saturated carbocycles. The Bertz CT molecular complexity index is 138. The van der Waals surface area contributed by atoms with E-state index in [1.54, 1.807) is 20.1 Å². The minimum Gasteiger partial charge on any atom is -0.429 e. The SMILES string of the molecule is CC=C(COC)OC(C)=O. The highest BCUT2D eigenvalue weighted by molar-refractivity contribution is 5.67. The Morgan fingerprint density at radius 2 is 2.20 bits per heavy atom. The molecule has 0 fully saturated rings. The largest absolute Gasteiger partial charge is 0.429 e. The lowest BCUT2D eigenvalue weighted by molar-refractivity contribution is -0.137. The monoisotopic (exact) mass is 144 g/mol. The number of methoxy groups -OCH3 is 1. The van der Waals surface area contributed by atoms with Crippen molar-refractivity contribution >= 4 is 5.97 Å². The Kier molecular flexibility index (Phi) is 4.58. The van der Waals surface area contributed by atoms with Crippen LogP contribution in [-0.4, -0.2) is 19.7 Å². The van der Waals surface area contributed by atoms with E-state index in [-0.39, 0.29) is 5.97 Å². The van der Waals surface area contributed by atoms with Crippen molar-refractivity contribution in [3.05, 3.63) is 11.8 Å². The molecule has 0 amide bonds. The number of hydrogen-bond acceptors (Lipinski definition) is 3. The van der Waals surface area contributed by atoms with Crippen LogP contribution < -0.4 is 0 Å². The van der Waals surface area contributed by atoms with E-state index < -0.39 is 0 Å². The van der Waals surface area contributed by atoms with Crippen LogP contribution >= 0.6 is 0 Å². The van der Waals surface area contributed by atoms with E-state index in [1.165, 1.54) is 6.92 Å².